The second kappa shape index (κ2) is 6.34. The van der Waals surface area contributed by atoms with Crippen LogP contribution in [0, 0.1) is 22.7 Å². The molecule has 1 heterocycles. The zero-order valence-corrected chi connectivity index (χ0v) is 13.6. The lowest BCUT2D eigenvalue weighted by Crippen LogP contribution is -2.33. The number of esters is 1. The SMILES string of the molecule is CC(=C(C#N)C#N)C1=C(c2ccccc2)C2(CCCCC2)OC1=O. The summed E-state index contributed by atoms with van der Waals surface area (Å²) >= 11 is 0. The van der Waals surface area contributed by atoms with Crippen LogP contribution in [0.1, 0.15) is 44.6 Å². The van der Waals surface area contributed by atoms with Crippen molar-refractivity contribution in [3.05, 3.63) is 52.6 Å². The molecule has 120 valence electrons. The van der Waals surface area contributed by atoms with E-state index < -0.39 is 11.6 Å². The monoisotopic (exact) mass is 318 g/mol. The first-order valence-electron chi connectivity index (χ1n) is 8.18. The van der Waals surface area contributed by atoms with Gasteiger partial charge in [0, 0.05) is 5.57 Å². The number of hydrogen-bond acceptors (Lipinski definition) is 4. The van der Waals surface area contributed by atoms with Gasteiger partial charge in [0.25, 0.3) is 0 Å². The maximum atomic E-state index is 12.7. The van der Waals surface area contributed by atoms with Crippen molar-refractivity contribution < 1.29 is 9.53 Å². The number of rotatable bonds is 2. The molecule has 2 aliphatic rings. The van der Waals surface area contributed by atoms with E-state index in [4.69, 9.17) is 4.74 Å². The molecular weight excluding hydrogens is 300 g/mol. The van der Waals surface area contributed by atoms with Gasteiger partial charge in [-0.05, 0) is 43.7 Å². The summed E-state index contributed by atoms with van der Waals surface area (Å²) in [6, 6.07) is 13.5. The third-order valence-electron chi connectivity index (χ3n) is 4.90. The number of allylic oxidation sites excluding steroid dienone is 1. The minimum absolute atomic E-state index is 0.0387. The largest absolute Gasteiger partial charge is 0.451 e. The van der Waals surface area contributed by atoms with E-state index in [9.17, 15) is 15.3 Å². The Morgan fingerprint density at radius 1 is 1.08 bits per heavy atom. The highest BCUT2D eigenvalue weighted by atomic mass is 16.6. The minimum Gasteiger partial charge on any atom is -0.451 e. The molecule has 0 bridgehead atoms. The van der Waals surface area contributed by atoms with Gasteiger partial charge < -0.3 is 4.74 Å². The number of nitriles is 2. The first kappa shape index (κ1) is 16.0. The Morgan fingerprint density at radius 2 is 1.71 bits per heavy atom. The first-order chi connectivity index (χ1) is 11.6. The van der Waals surface area contributed by atoms with Gasteiger partial charge in [0.1, 0.15) is 23.3 Å². The van der Waals surface area contributed by atoms with Crippen LogP contribution in [0.5, 0.6) is 0 Å². The molecule has 0 aromatic heterocycles. The van der Waals surface area contributed by atoms with E-state index in [1.54, 1.807) is 6.92 Å². The normalized spacial score (nSPS) is 18.7. The van der Waals surface area contributed by atoms with E-state index in [2.05, 4.69) is 0 Å². The Labute approximate surface area is 141 Å². The fourth-order valence-electron chi connectivity index (χ4n) is 3.75. The zero-order valence-electron chi connectivity index (χ0n) is 13.6. The van der Waals surface area contributed by atoms with E-state index >= 15 is 0 Å². The molecule has 4 heteroatoms. The number of benzene rings is 1. The average Bonchev–Trinajstić information content (AvgIpc) is 2.88. The van der Waals surface area contributed by atoms with Gasteiger partial charge in [-0.3, -0.25) is 0 Å². The van der Waals surface area contributed by atoms with Crippen LogP contribution in [0.3, 0.4) is 0 Å². The Hall–Kier alpha value is -2.85. The van der Waals surface area contributed by atoms with Crippen molar-refractivity contribution in [2.45, 2.75) is 44.6 Å². The van der Waals surface area contributed by atoms with Crippen LogP contribution in [0.25, 0.3) is 5.57 Å². The maximum absolute atomic E-state index is 12.7. The molecule has 1 aromatic rings. The number of nitrogens with zero attached hydrogens (tertiary/aromatic N) is 2. The summed E-state index contributed by atoms with van der Waals surface area (Å²) in [5.74, 6) is -0.420. The number of hydrogen-bond donors (Lipinski definition) is 0. The molecule has 1 aliphatic carbocycles. The van der Waals surface area contributed by atoms with Crippen molar-refractivity contribution in [1.29, 1.82) is 10.5 Å². The molecule has 1 spiro atoms. The van der Waals surface area contributed by atoms with Crippen LogP contribution in [0.2, 0.25) is 0 Å². The predicted octanol–water partition coefficient (Wildman–Crippen LogP) is 4.06. The van der Waals surface area contributed by atoms with Crippen LogP contribution in [0.4, 0.5) is 0 Å². The molecule has 0 atom stereocenters. The molecule has 0 N–H and O–H groups in total. The molecule has 0 radical (unpaired) electrons. The molecular formula is C20H18N2O2. The molecule has 24 heavy (non-hydrogen) atoms. The van der Waals surface area contributed by atoms with Gasteiger partial charge >= 0.3 is 5.97 Å². The van der Waals surface area contributed by atoms with Crippen LogP contribution in [0.15, 0.2) is 47.1 Å². The smallest absolute Gasteiger partial charge is 0.339 e. The van der Waals surface area contributed by atoms with Gasteiger partial charge in [-0.2, -0.15) is 10.5 Å². The van der Waals surface area contributed by atoms with Gasteiger partial charge in [-0.1, -0.05) is 36.8 Å². The van der Waals surface area contributed by atoms with E-state index in [0.717, 1.165) is 43.2 Å². The molecule has 1 saturated carbocycles. The molecule has 1 aromatic carbocycles. The van der Waals surface area contributed by atoms with E-state index in [0.29, 0.717) is 11.1 Å². The van der Waals surface area contributed by atoms with Gasteiger partial charge in [0.2, 0.25) is 0 Å². The Morgan fingerprint density at radius 3 is 2.29 bits per heavy atom. The molecule has 0 saturated heterocycles. The summed E-state index contributed by atoms with van der Waals surface area (Å²) in [6.07, 6.45) is 4.71. The Kier molecular flexibility index (Phi) is 4.23. The fourth-order valence-corrected chi connectivity index (χ4v) is 3.75. The molecule has 3 rings (SSSR count). The number of ether oxygens (including phenoxy) is 1. The minimum atomic E-state index is -0.622. The second-order valence-corrected chi connectivity index (χ2v) is 6.28. The average molecular weight is 318 g/mol. The maximum Gasteiger partial charge on any atom is 0.339 e. The van der Waals surface area contributed by atoms with E-state index in [-0.39, 0.29) is 5.57 Å². The van der Waals surface area contributed by atoms with E-state index in [1.165, 1.54) is 0 Å². The van der Waals surface area contributed by atoms with Gasteiger partial charge in [0.15, 0.2) is 0 Å². The standard InChI is InChI=1S/C20H18N2O2/c1-14(16(12-21)13-22)17-18(15-8-4-2-5-9-15)20(24-19(17)23)10-6-3-7-11-20/h2,4-5,8-9H,3,6-7,10-11H2,1H3. The quantitative estimate of drug-likeness (QED) is 0.608. The van der Waals surface area contributed by atoms with Crippen LogP contribution in [-0.2, 0) is 9.53 Å². The van der Waals surface area contributed by atoms with Crippen LogP contribution < -0.4 is 0 Å². The van der Waals surface area contributed by atoms with E-state index in [1.807, 2.05) is 42.5 Å². The summed E-state index contributed by atoms with van der Waals surface area (Å²) in [5, 5.41) is 18.4. The lowest BCUT2D eigenvalue weighted by atomic mass is 9.75. The summed E-state index contributed by atoms with van der Waals surface area (Å²) in [5.41, 5.74) is 1.91. The van der Waals surface area contributed by atoms with Gasteiger partial charge in [0.05, 0.1) is 5.57 Å². The van der Waals surface area contributed by atoms with Crippen molar-refractivity contribution in [2.75, 3.05) is 0 Å². The van der Waals surface area contributed by atoms with Crippen molar-refractivity contribution in [1.82, 2.24) is 0 Å². The third-order valence-corrected chi connectivity index (χ3v) is 4.90. The Balaban J connectivity index is 2.28. The summed E-state index contributed by atoms with van der Waals surface area (Å²) in [4.78, 5) is 12.7. The van der Waals surface area contributed by atoms with Gasteiger partial charge in [-0.15, -0.1) is 0 Å². The third kappa shape index (κ3) is 2.51. The van der Waals surface area contributed by atoms with Gasteiger partial charge in [-0.25, -0.2) is 4.79 Å². The van der Waals surface area contributed by atoms with Crippen LogP contribution in [-0.4, -0.2) is 11.6 Å². The first-order valence-corrected chi connectivity index (χ1v) is 8.18. The Bertz CT molecular complexity index is 797. The highest BCUT2D eigenvalue weighted by Gasteiger charge is 2.49. The van der Waals surface area contributed by atoms with Crippen molar-refractivity contribution in [2.24, 2.45) is 0 Å². The summed E-state index contributed by atoms with van der Waals surface area (Å²) in [6.45, 7) is 1.66. The topological polar surface area (TPSA) is 73.9 Å². The summed E-state index contributed by atoms with van der Waals surface area (Å²) < 4.78 is 5.86. The van der Waals surface area contributed by atoms with Crippen LogP contribution >= 0.6 is 0 Å². The van der Waals surface area contributed by atoms with Crippen molar-refractivity contribution in [3.8, 4) is 12.1 Å². The molecule has 4 nitrogen and oxygen atoms in total. The number of carbonyl (C=O) groups excluding carboxylic acids is 1. The lowest BCUT2D eigenvalue weighted by Gasteiger charge is -2.34. The highest BCUT2D eigenvalue weighted by Crippen LogP contribution is 2.50. The zero-order chi connectivity index (χ0) is 17.2. The molecule has 1 fully saturated rings. The molecule has 1 aliphatic heterocycles. The van der Waals surface area contributed by atoms with Crippen molar-refractivity contribution in [3.63, 3.8) is 0 Å². The van der Waals surface area contributed by atoms with Crippen molar-refractivity contribution >= 4 is 11.5 Å². The number of carbonyl (C=O) groups is 1. The molecule has 0 unspecified atom stereocenters. The summed E-state index contributed by atoms with van der Waals surface area (Å²) in [7, 11) is 0. The molecule has 0 amide bonds. The second-order valence-electron chi connectivity index (χ2n) is 6.28. The fraction of sp³-hybridized carbons (Fsp3) is 0.350. The highest BCUT2D eigenvalue weighted by molar-refractivity contribution is 6.08. The lowest BCUT2D eigenvalue weighted by molar-refractivity contribution is -0.147. The predicted molar refractivity (Wildman–Crippen MR) is 89.2 cm³/mol.